The third kappa shape index (κ3) is 3.72. The Hall–Kier alpha value is -3.07. The number of carbonyl (C=O) groups excluding carboxylic acids is 1. The molecule has 0 atom stereocenters. The zero-order valence-corrected chi connectivity index (χ0v) is 14.7. The highest BCUT2D eigenvalue weighted by molar-refractivity contribution is 5.94. The van der Waals surface area contributed by atoms with Gasteiger partial charge in [0, 0.05) is 39.3 Å². The molecule has 4 rings (SSSR count). The van der Waals surface area contributed by atoms with Crippen LogP contribution >= 0.6 is 0 Å². The normalized spacial score (nSPS) is 15.2. The summed E-state index contributed by atoms with van der Waals surface area (Å²) in [6, 6.07) is 6.00. The number of fused-ring (bicyclic) bond motifs is 1. The fourth-order valence-corrected chi connectivity index (χ4v) is 3.26. The summed E-state index contributed by atoms with van der Waals surface area (Å²) >= 11 is 0. The molecule has 9 heteroatoms. The largest absolute Gasteiger partial charge is 0.353 e. The molecule has 2 N–H and O–H groups in total. The van der Waals surface area contributed by atoms with Gasteiger partial charge in [-0.1, -0.05) is 12.1 Å². The van der Waals surface area contributed by atoms with Crippen molar-refractivity contribution in [3.8, 4) is 0 Å². The van der Waals surface area contributed by atoms with Gasteiger partial charge in [0.15, 0.2) is 5.65 Å². The van der Waals surface area contributed by atoms with E-state index >= 15 is 0 Å². The SMILES string of the molecule is O=C(NCCN1CCN(c2ncnc3[nH]ncc23)CC1)c1ccccc1F. The molecule has 0 spiro atoms. The molecule has 0 unspecified atom stereocenters. The molecule has 1 aliphatic rings. The Morgan fingerprint density at radius 2 is 2.00 bits per heavy atom. The Balaban J connectivity index is 1.27. The van der Waals surface area contributed by atoms with E-state index in [4.69, 9.17) is 0 Å². The summed E-state index contributed by atoms with van der Waals surface area (Å²) in [6.07, 6.45) is 3.29. The number of amides is 1. The van der Waals surface area contributed by atoms with Crippen LogP contribution < -0.4 is 10.2 Å². The number of anilines is 1. The standard InChI is InChI=1S/C18H20FN7O/c19-15-4-2-1-3-13(15)18(27)20-5-6-25-7-9-26(10-8-25)17-14-11-23-24-16(14)21-12-22-17/h1-4,11-12H,5-10H2,(H,20,27)(H,21,22,23,24). The smallest absolute Gasteiger partial charge is 0.254 e. The molecule has 1 amide bonds. The average molecular weight is 369 g/mol. The molecular formula is C18H20FN7O. The topological polar surface area (TPSA) is 90.0 Å². The Morgan fingerprint density at radius 3 is 2.81 bits per heavy atom. The molecule has 1 fully saturated rings. The molecule has 0 bridgehead atoms. The molecule has 1 aromatic carbocycles. The number of carbonyl (C=O) groups is 1. The molecule has 0 radical (unpaired) electrons. The summed E-state index contributed by atoms with van der Waals surface area (Å²) in [5, 5.41) is 10.6. The van der Waals surface area contributed by atoms with Gasteiger partial charge in [0.1, 0.15) is 18.0 Å². The lowest BCUT2D eigenvalue weighted by atomic mass is 10.2. The Morgan fingerprint density at radius 1 is 1.19 bits per heavy atom. The number of piperazine rings is 1. The lowest BCUT2D eigenvalue weighted by Gasteiger charge is -2.35. The van der Waals surface area contributed by atoms with Crippen molar-refractivity contribution >= 4 is 22.8 Å². The molecule has 3 aromatic rings. The first-order valence-corrected chi connectivity index (χ1v) is 8.86. The van der Waals surface area contributed by atoms with Gasteiger partial charge in [-0.2, -0.15) is 5.10 Å². The van der Waals surface area contributed by atoms with Crippen molar-refractivity contribution in [2.75, 3.05) is 44.2 Å². The third-order valence-corrected chi connectivity index (χ3v) is 4.73. The fourth-order valence-electron chi connectivity index (χ4n) is 3.26. The van der Waals surface area contributed by atoms with Crippen LogP contribution in [0.25, 0.3) is 11.0 Å². The number of halogens is 1. The van der Waals surface area contributed by atoms with Gasteiger partial charge in [-0.3, -0.25) is 14.8 Å². The maximum absolute atomic E-state index is 13.6. The van der Waals surface area contributed by atoms with Crippen LogP contribution in [0.5, 0.6) is 0 Å². The van der Waals surface area contributed by atoms with Crippen molar-refractivity contribution in [2.45, 2.75) is 0 Å². The number of hydrogen-bond acceptors (Lipinski definition) is 6. The number of aromatic nitrogens is 4. The zero-order valence-electron chi connectivity index (χ0n) is 14.7. The van der Waals surface area contributed by atoms with Crippen LogP contribution in [0, 0.1) is 5.82 Å². The van der Waals surface area contributed by atoms with Crippen LogP contribution in [-0.2, 0) is 0 Å². The number of hydrogen-bond donors (Lipinski definition) is 2. The predicted molar refractivity (Wildman–Crippen MR) is 99.1 cm³/mol. The molecular weight excluding hydrogens is 349 g/mol. The predicted octanol–water partition coefficient (Wildman–Crippen LogP) is 1.04. The molecule has 3 heterocycles. The van der Waals surface area contributed by atoms with Gasteiger partial charge in [-0.15, -0.1) is 0 Å². The quantitative estimate of drug-likeness (QED) is 0.699. The number of benzene rings is 1. The van der Waals surface area contributed by atoms with E-state index in [9.17, 15) is 9.18 Å². The number of H-pyrrole nitrogens is 1. The van der Waals surface area contributed by atoms with Gasteiger partial charge in [0.2, 0.25) is 0 Å². The van der Waals surface area contributed by atoms with Crippen molar-refractivity contribution in [2.24, 2.45) is 0 Å². The van der Waals surface area contributed by atoms with Gasteiger partial charge in [0.05, 0.1) is 17.1 Å². The van der Waals surface area contributed by atoms with E-state index < -0.39 is 5.82 Å². The van der Waals surface area contributed by atoms with E-state index in [1.807, 2.05) is 0 Å². The van der Waals surface area contributed by atoms with Gasteiger partial charge in [-0.25, -0.2) is 14.4 Å². The second-order valence-corrected chi connectivity index (χ2v) is 6.39. The molecule has 0 aliphatic carbocycles. The van der Waals surface area contributed by atoms with Crippen molar-refractivity contribution in [3.63, 3.8) is 0 Å². The summed E-state index contributed by atoms with van der Waals surface area (Å²) in [7, 11) is 0. The highest BCUT2D eigenvalue weighted by Gasteiger charge is 2.20. The van der Waals surface area contributed by atoms with Crippen molar-refractivity contribution in [1.29, 1.82) is 0 Å². The summed E-state index contributed by atoms with van der Waals surface area (Å²) in [4.78, 5) is 25.1. The van der Waals surface area contributed by atoms with Gasteiger partial charge >= 0.3 is 0 Å². The first kappa shape index (κ1) is 17.3. The molecule has 27 heavy (non-hydrogen) atoms. The lowest BCUT2D eigenvalue weighted by molar-refractivity contribution is 0.0943. The molecule has 8 nitrogen and oxygen atoms in total. The van der Waals surface area contributed by atoms with Crippen molar-refractivity contribution < 1.29 is 9.18 Å². The first-order chi connectivity index (χ1) is 13.2. The van der Waals surface area contributed by atoms with Crippen LogP contribution in [0.1, 0.15) is 10.4 Å². The molecule has 0 saturated carbocycles. The lowest BCUT2D eigenvalue weighted by Crippen LogP contribution is -2.48. The van der Waals surface area contributed by atoms with Crippen LogP contribution in [0.15, 0.2) is 36.8 Å². The Kier molecular flexibility index (Phi) is 4.93. The summed E-state index contributed by atoms with van der Waals surface area (Å²) in [5.74, 6) is 0.00959. The summed E-state index contributed by atoms with van der Waals surface area (Å²) < 4.78 is 13.6. The van der Waals surface area contributed by atoms with E-state index in [-0.39, 0.29) is 11.5 Å². The van der Waals surface area contributed by atoms with Crippen LogP contribution in [0.3, 0.4) is 0 Å². The molecule has 1 aliphatic heterocycles. The Bertz CT molecular complexity index is 936. The van der Waals surface area contributed by atoms with E-state index in [1.165, 1.54) is 12.1 Å². The maximum atomic E-state index is 13.6. The number of rotatable bonds is 5. The van der Waals surface area contributed by atoms with Crippen LogP contribution in [0.2, 0.25) is 0 Å². The minimum Gasteiger partial charge on any atom is -0.353 e. The summed E-state index contributed by atoms with van der Waals surface area (Å²) in [5.41, 5.74) is 0.813. The van der Waals surface area contributed by atoms with E-state index in [0.717, 1.165) is 49.6 Å². The molecule has 1 saturated heterocycles. The average Bonchev–Trinajstić information content (AvgIpc) is 3.18. The number of nitrogens with one attached hydrogen (secondary N) is 2. The van der Waals surface area contributed by atoms with E-state index in [1.54, 1.807) is 24.7 Å². The van der Waals surface area contributed by atoms with Gasteiger partial charge in [0.25, 0.3) is 5.91 Å². The minimum absolute atomic E-state index is 0.0789. The van der Waals surface area contributed by atoms with Crippen LogP contribution in [-0.4, -0.2) is 70.2 Å². The fraction of sp³-hybridized carbons (Fsp3) is 0.333. The first-order valence-electron chi connectivity index (χ1n) is 8.86. The highest BCUT2D eigenvalue weighted by atomic mass is 19.1. The zero-order chi connectivity index (χ0) is 18.6. The minimum atomic E-state index is -0.501. The van der Waals surface area contributed by atoms with Crippen molar-refractivity contribution in [1.82, 2.24) is 30.4 Å². The van der Waals surface area contributed by atoms with Crippen LogP contribution in [0.4, 0.5) is 10.2 Å². The van der Waals surface area contributed by atoms with Gasteiger partial charge < -0.3 is 10.2 Å². The monoisotopic (exact) mass is 369 g/mol. The van der Waals surface area contributed by atoms with Crippen molar-refractivity contribution in [3.05, 3.63) is 48.2 Å². The van der Waals surface area contributed by atoms with Gasteiger partial charge in [-0.05, 0) is 12.1 Å². The Labute approximate surface area is 155 Å². The second kappa shape index (κ2) is 7.67. The number of nitrogens with zero attached hydrogens (tertiary/aromatic N) is 5. The second-order valence-electron chi connectivity index (χ2n) is 6.39. The third-order valence-electron chi connectivity index (χ3n) is 4.73. The summed E-state index contributed by atoms with van der Waals surface area (Å²) in [6.45, 7) is 4.58. The molecule has 140 valence electrons. The number of aromatic amines is 1. The highest BCUT2D eigenvalue weighted by Crippen LogP contribution is 2.21. The van der Waals surface area contributed by atoms with E-state index in [0.29, 0.717) is 6.54 Å². The van der Waals surface area contributed by atoms with E-state index in [2.05, 4.69) is 35.3 Å². The maximum Gasteiger partial charge on any atom is 0.254 e. The molecule has 2 aromatic heterocycles.